The fourth-order valence-corrected chi connectivity index (χ4v) is 4.00. The van der Waals surface area contributed by atoms with E-state index < -0.39 is 10.0 Å². The smallest absolute Gasteiger partial charge is 0.264 e. The van der Waals surface area contributed by atoms with Gasteiger partial charge in [0, 0.05) is 6.04 Å². The zero-order chi connectivity index (χ0) is 20.2. The third-order valence-corrected chi connectivity index (χ3v) is 6.48. The molecule has 0 aromatic heterocycles. The van der Waals surface area contributed by atoms with Crippen LogP contribution in [-0.2, 0) is 14.8 Å². The molecule has 2 aromatic carbocycles. The number of nitrogens with zero attached hydrogens (tertiary/aromatic N) is 1. The van der Waals surface area contributed by atoms with Gasteiger partial charge in [-0.2, -0.15) is 0 Å². The molecule has 2 aromatic rings. The molecule has 0 bridgehead atoms. The SMILES string of the molecule is CC[C@@H](C)NC(=O)CN(c1ccc(C)c(C)c1)S(=O)(=O)c1ccc(C)cc1. The molecule has 0 aliphatic heterocycles. The first kappa shape index (κ1) is 21.0. The number of carbonyl (C=O) groups excluding carboxylic acids is 1. The minimum Gasteiger partial charge on any atom is -0.352 e. The van der Waals surface area contributed by atoms with Crippen LogP contribution in [0.25, 0.3) is 0 Å². The summed E-state index contributed by atoms with van der Waals surface area (Å²) in [6, 6.07) is 12.1. The van der Waals surface area contributed by atoms with E-state index in [1.807, 2.05) is 40.7 Å². The summed E-state index contributed by atoms with van der Waals surface area (Å²) < 4.78 is 27.7. The lowest BCUT2D eigenvalue weighted by Crippen LogP contribution is -2.43. The molecule has 0 aliphatic carbocycles. The van der Waals surface area contributed by atoms with Gasteiger partial charge in [0.2, 0.25) is 5.91 Å². The summed E-state index contributed by atoms with van der Waals surface area (Å²) in [5.74, 6) is -0.321. The van der Waals surface area contributed by atoms with Crippen molar-refractivity contribution in [3.05, 3.63) is 59.2 Å². The number of carbonyl (C=O) groups is 1. The summed E-state index contributed by atoms with van der Waals surface area (Å²) in [6.45, 7) is 9.39. The molecule has 1 amide bonds. The van der Waals surface area contributed by atoms with Crippen molar-refractivity contribution in [3.8, 4) is 0 Å². The van der Waals surface area contributed by atoms with Crippen LogP contribution in [0.3, 0.4) is 0 Å². The van der Waals surface area contributed by atoms with Crippen LogP contribution >= 0.6 is 0 Å². The van der Waals surface area contributed by atoms with Crippen molar-refractivity contribution in [2.45, 2.75) is 52.0 Å². The Hall–Kier alpha value is -2.34. The number of hydrogen-bond acceptors (Lipinski definition) is 3. The van der Waals surface area contributed by atoms with Crippen LogP contribution in [-0.4, -0.2) is 26.9 Å². The number of anilines is 1. The van der Waals surface area contributed by atoms with Gasteiger partial charge in [-0.25, -0.2) is 8.42 Å². The second kappa shape index (κ2) is 8.57. The van der Waals surface area contributed by atoms with Crippen LogP contribution < -0.4 is 9.62 Å². The maximum absolute atomic E-state index is 13.3. The fraction of sp³-hybridized carbons (Fsp3) is 0.381. The van der Waals surface area contributed by atoms with E-state index in [4.69, 9.17) is 0 Å². The van der Waals surface area contributed by atoms with Crippen molar-refractivity contribution in [1.29, 1.82) is 0 Å². The summed E-state index contributed by atoms with van der Waals surface area (Å²) in [5.41, 5.74) is 3.49. The number of rotatable bonds is 7. The van der Waals surface area contributed by atoms with Gasteiger partial charge in [-0.15, -0.1) is 0 Å². The van der Waals surface area contributed by atoms with Gasteiger partial charge < -0.3 is 5.32 Å². The first-order valence-corrected chi connectivity index (χ1v) is 10.5. The van der Waals surface area contributed by atoms with Crippen molar-refractivity contribution in [2.24, 2.45) is 0 Å². The van der Waals surface area contributed by atoms with E-state index in [2.05, 4.69) is 5.32 Å². The fourth-order valence-electron chi connectivity index (χ4n) is 2.59. The number of benzene rings is 2. The van der Waals surface area contributed by atoms with E-state index in [9.17, 15) is 13.2 Å². The lowest BCUT2D eigenvalue weighted by molar-refractivity contribution is -0.120. The molecule has 146 valence electrons. The van der Waals surface area contributed by atoms with Gasteiger partial charge in [-0.1, -0.05) is 30.7 Å². The molecule has 0 radical (unpaired) electrons. The van der Waals surface area contributed by atoms with Crippen molar-refractivity contribution in [3.63, 3.8) is 0 Å². The Morgan fingerprint density at radius 1 is 1.04 bits per heavy atom. The number of hydrogen-bond donors (Lipinski definition) is 1. The van der Waals surface area contributed by atoms with Crippen molar-refractivity contribution >= 4 is 21.6 Å². The molecule has 27 heavy (non-hydrogen) atoms. The molecule has 2 rings (SSSR count). The molecule has 0 unspecified atom stereocenters. The molecule has 0 spiro atoms. The van der Waals surface area contributed by atoms with Gasteiger partial charge >= 0.3 is 0 Å². The molecule has 0 fully saturated rings. The highest BCUT2D eigenvalue weighted by Gasteiger charge is 2.27. The van der Waals surface area contributed by atoms with Crippen LogP contribution in [0.2, 0.25) is 0 Å². The average molecular weight is 389 g/mol. The van der Waals surface area contributed by atoms with E-state index in [0.717, 1.165) is 23.1 Å². The molecule has 5 nitrogen and oxygen atoms in total. The Labute approximate surface area is 162 Å². The third kappa shape index (κ3) is 5.10. The third-order valence-electron chi connectivity index (χ3n) is 4.69. The summed E-state index contributed by atoms with van der Waals surface area (Å²) >= 11 is 0. The van der Waals surface area contributed by atoms with Crippen LogP contribution in [0, 0.1) is 20.8 Å². The van der Waals surface area contributed by atoms with Gasteiger partial charge in [0.15, 0.2) is 0 Å². The van der Waals surface area contributed by atoms with Crippen LogP contribution in [0.4, 0.5) is 5.69 Å². The Kier molecular flexibility index (Phi) is 6.65. The van der Waals surface area contributed by atoms with E-state index in [1.54, 1.807) is 36.4 Å². The first-order chi connectivity index (χ1) is 12.6. The van der Waals surface area contributed by atoms with E-state index in [0.29, 0.717) is 5.69 Å². The lowest BCUT2D eigenvalue weighted by Gasteiger charge is -2.25. The molecule has 1 atom stereocenters. The van der Waals surface area contributed by atoms with E-state index in [1.165, 1.54) is 4.31 Å². The average Bonchev–Trinajstić information content (AvgIpc) is 2.62. The number of nitrogens with one attached hydrogen (secondary N) is 1. The highest BCUT2D eigenvalue weighted by molar-refractivity contribution is 7.92. The number of sulfonamides is 1. The van der Waals surface area contributed by atoms with Crippen molar-refractivity contribution < 1.29 is 13.2 Å². The zero-order valence-electron chi connectivity index (χ0n) is 16.6. The topological polar surface area (TPSA) is 66.5 Å². The Morgan fingerprint density at radius 3 is 2.22 bits per heavy atom. The second-order valence-electron chi connectivity index (χ2n) is 6.97. The highest BCUT2D eigenvalue weighted by Crippen LogP contribution is 2.26. The highest BCUT2D eigenvalue weighted by atomic mass is 32.2. The molecule has 0 heterocycles. The summed E-state index contributed by atoms with van der Waals surface area (Å²) in [5, 5.41) is 2.84. The molecular weight excluding hydrogens is 360 g/mol. The Morgan fingerprint density at radius 2 is 1.67 bits per heavy atom. The van der Waals surface area contributed by atoms with Crippen molar-refractivity contribution in [1.82, 2.24) is 5.32 Å². The summed E-state index contributed by atoms with van der Waals surface area (Å²) in [6.07, 6.45) is 0.778. The van der Waals surface area contributed by atoms with Crippen molar-refractivity contribution in [2.75, 3.05) is 10.8 Å². The maximum atomic E-state index is 13.3. The van der Waals surface area contributed by atoms with Crippen LogP contribution in [0.5, 0.6) is 0 Å². The normalized spacial score (nSPS) is 12.5. The molecule has 0 saturated heterocycles. The quantitative estimate of drug-likeness (QED) is 0.786. The van der Waals surface area contributed by atoms with Gasteiger partial charge in [0.25, 0.3) is 10.0 Å². The van der Waals surface area contributed by atoms with Gasteiger partial charge in [0.05, 0.1) is 10.6 Å². The predicted molar refractivity (Wildman–Crippen MR) is 110 cm³/mol. The van der Waals surface area contributed by atoms with Crippen LogP contribution in [0.1, 0.15) is 37.0 Å². The monoisotopic (exact) mass is 388 g/mol. The van der Waals surface area contributed by atoms with Gasteiger partial charge in [-0.05, 0) is 69.5 Å². The minimum absolute atomic E-state index is 0.0128. The van der Waals surface area contributed by atoms with Gasteiger partial charge in [-0.3, -0.25) is 9.10 Å². The lowest BCUT2D eigenvalue weighted by atomic mass is 10.1. The number of amides is 1. The largest absolute Gasteiger partial charge is 0.352 e. The molecular formula is C21H28N2O3S. The maximum Gasteiger partial charge on any atom is 0.264 e. The first-order valence-electron chi connectivity index (χ1n) is 9.11. The molecule has 0 aliphatic rings. The van der Waals surface area contributed by atoms with Crippen LogP contribution in [0.15, 0.2) is 47.4 Å². The minimum atomic E-state index is -3.87. The van der Waals surface area contributed by atoms with E-state index in [-0.39, 0.29) is 23.4 Å². The summed E-state index contributed by atoms with van der Waals surface area (Å²) in [4.78, 5) is 12.6. The molecule has 6 heteroatoms. The standard InChI is InChI=1S/C21H28N2O3S/c1-6-18(5)22-21(24)14-23(19-10-9-16(3)17(4)13-19)27(25,26)20-11-7-15(2)8-12-20/h7-13,18H,6,14H2,1-5H3,(H,22,24)/t18-/m1/s1. The predicted octanol–water partition coefficient (Wildman–Crippen LogP) is 3.72. The zero-order valence-corrected chi connectivity index (χ0v) is 17.4. The van der Waals surface area contributed by atoms with Gasteiger partial charge in [0.1, 0.15) is 6.54 Å². The Balaban J connectivity index is 2.46. The Bertz CT molecular complexity index is 906. The molecule has 1 N–H and O–H groups in total. The molecule has 0 saturated carbocycles. The second-order valence-corrected chi connectivity index (χ2v) is 8.83. The summed E-state index contributed by atoms with van der Waals surface area (Å²) in [7, 11) is -3.87. The number of aryl methyl sites for hydroxylation is 3. The van der Waals surface area contributed by atoms with E-state index >= 15 is 0 Å².